The predicted octanol–water partition coefficient (Wildman–Crippen LogP) is 3.57. The van der Waals surface area contributed by atoms with Gasteiger partial charge in [-0.2, -0.15) is 0 Å². The Morgan fingerprint density at radius 3 is 2.61 bits per heavy atom. The van der Waals surface area contributed by atoms with Crippen LogP contribution in [0.15, 0.2) is 54.9 Å². The molecule has 5 rings (SSSR count). The third-order valence-electron chi connectivity index (χ3n) is 6.51. The van der Waals surface area contributed by atoms with Crippen molar-refractivity contribution in [2.24, 2.45) is 0 Å². The van der Waals surface area contributed by atoms with Crippen molar-refractivity contribution < 1.29 is 9.59 Å². The van der Waals surface area contributed by atoms with Crippen molar-refractivity contribution in [3.05, 3.63) is 83.1 Å². The average molecular weight is 442 g/mol. The minimum atomic E-state index is -0.168. The molecule has 1 fully saturated rings. The lowest BCUT2D eigenvalue weighted by Crippen LogP contribution is -2.37. The van der Waals surface area contributed by atoms with Gasteiger partial charge in [0, 0.05) is 36.6 Å². The number of anilines is 1. The SMILES string of the molecule is Cc1nc([C@H]2CCCN2C(=O)Cc2ccncc2)nc2c1CCC(=O)N2Cc1ccccc1. The molecule has 1 aromatic carbocycles. The van der Waals surface area contributed by atoms with Crippen molar-refractivity contribution in [3.63, 3.8) is 0 Å². The molecule has 168 valence electrons. The Morgan fingerprint density at radius 1 is 1.03 bits per heavy atom. The highest BCUT2D eigenvalue weighted by molar-refractivity contribution is 5.95. The van der Waals surface area contributed by atoms with Crippen LogP contribution in [-0.2, 0) is 29.0 Å². The molecule has 3 aromatic rings. The summed E-state index contributed by atoms with van der Waals surface area (Å²) in [6, 6.07) is 13.5. The van der Waals surface area contributed by atoms with Gasteiger partial charge in [-0.1, -0.05) is 30.3 Å². The van der Waals surface area contributed by atoms with Crippen LogP contribution < -0.4 is 4.90 Å². The second-order valence-corrected chi connectivity index (χ2v) is 8.71. The zero-order valence-electron chi connectivity index (χ0n) is 18.8. The second kappa shape index (κ2) is 9.10. The van der Waals surface area contributed by atoms with Crippen molar-refractivity contribution in [2.45, 2.75) is 51.6 Å². The first-order valence-electron chi connectivity index (χ1n) is 11.5. The zero-order valence-corrected chi connectivity index (χ0v) is 18.8. The molecular weight excluding hydrogens is 414 g/mol. The summed E-state index contributed by atoms with van der Waals surface area (Å²) < 4.78 is 0. The number of aryl methyl sites for hydroxylation is 1. The lowest BCUT2D eigenvalue weighted by Gasteiger charge is -2.31. The zero-order chi connectivity index (χ0) is 22.8. The average Bonchev–Trinajstić information content (AvgIpc) is 3.32. The molecule has 0 spiro atoms. The summed E-state index contributed by atoms with van der Waals surface area (Å²) in [5.74, 6) is 1.48. The number of carbonyl (C=O) groups excluding carboxylic acids is 2. The number of fused-ring (bicyclic) bond motifs is 1. The number of carbonyl (C=O) groups is 2. The van der Waals surface area contributed by atoms with Gasteiger partial charge in [0.15, 0.2) is 5.82 Å². The number of aromatic nitrogens is 3. The summed E-state index contributed by atoms with van der Waals surface area (Å²) in [5, 5.41) is 0. The number of amides is 2. The molecule has 2 aromatic heterocycles. The van der Waals surface area contributed by atoms with Crippen molar-refractivity contribution >= 4 is 17.6 Å². The molecule has 1 saturated heterocycles. The van der Waals surface area contributed by atoms with Crippen LogP contribution in [0, 0.1) is 6.92 Å². The van der Waals surface area contributed by atoms with Gasteiger partial charge in [0.1, 0.15) is 5.82 Å². The normalized spacial score (nSPS) is 17.8. The van der Waals surface area contributed by atoms with E-state index in [-0.39, 0.29) is 17.9 Å². The van der Waals surface area contributed by atoms with Crippen molar-refractivity contribution in [1.29, 1.82) is 0 Å². The molecule has 2 aliphatic rings. The van der Waals surface area contributed by atoms with E-state index in [4.69, 9.17) is 9.97 Å². The fraction of sp³-hybridized carbons (Fsp3) is 0.346. The van der Waals surface area contributed by atoms with Crippen LogP contribution in [0.5, 0.6) is 0 Å². The first-order chi connectivity index (χ1) is 16.1. The number of pyridine rings is 1. The van der Waals surface area contributed by atoms with E-state index < -0.39 is 0 Å². The maximum atomic E-state index is 13.1. The van der Waals surface area contributed by atoms with Gasteiger partial charge < -0.3 is 4.90 Å². The van der Waals surface area contributed by atoms with E-state index in [0.29, 0.717) is 44.0 Å². The summed E-state index contributed by atoms with van der Waals surface area (Å²) in [5.41, 5.74) is 3.94. The summed E-state index contributed by atoms with van der Waals surface area (Å²) in [7, 11) is 0. The molecule has 0 radical (unpaired) electrons. The summed E-state index contributed by atoms with van der Waals surface area (Å²) >= 11 is 0. The largest absolute Gasteiger partial charge is 0.332 e. The number of likely N-dealkylation sites (tertiary alicyclic amines) is 1. The first kappa shape index (κ1) is 21.2. The van der Waals surface area contributed by atoms with Crippen LogP contribution in [0.25, 0.3) is 0 Å². The number of benzene rings is 1. The molecule has 7 heteroatoms. The Labute approximate surface area is 193 Å². The van der Waals surface area contributed by atoms with Crippen molar-refractivity contribution in [3.8, 4) is 0 Å². The molecule has 1 atom stereocenters. The summed E-state index contributed by atoms with van der Waals surface area (Å²) in [4.78, 5) is 43.4. The quantitative estimate of drug-likeness (QED) is 0.605. The molecule has 2 amide bonds. The van der Waals surface area contributed by atoms with Crippen LogP contribution in [0.2, 0.25) is 0 Å². The van der Waals surface area contributed by atoms with Crippen LogP contribution >= 0.6 is 0 Å². The Hall–Kier alpha value is -3.61. The van der Waals surface area contributed by atoms with E-state index in [1.807, 2.05) is 54.3 Å². The van der Waals surface area contributed by atoms with E-state index in [2.05, 4.69) is 4.98 Å². The van der Waals surface area contributed by atoms with Crippen molar-refractivity contribution in [2.75, 3.05) is 11.4 Å². The Kier molecular flexibility index (Phi) is 5.86. The van der Waals surface area contributed by atoms with E-state index in [1.165, 1.54) is 0 Å². The number of nitrogens with zero attached hydrogens (tertiary/aromatic N) is 5. The van der Waals surface area contributed by atoms with Crippen LogP contribution in [0.4, 0.5) is 5.82 Å². The van der Waals surface area contributed by atoms with Gasteiger partial charge in [-0.25, -0.2) is 9.97 Å². The molecule has 2 aliphatic heterocycles. The summed E-state index contributed by atoms with van der Waals surface area (Å²) in [6.45, 7) is 3.16. The summed E-state index contributed by atoms with van der Waals surface area (Å²) in [6.07, 6.45) is 6.61. The van der Waals surface area contributed by atoms with Gasteiger partial charge in [-0.05, 0) is 49.4 Å². The topological polar surface area (TPSA) is 79.3 Å². The van der Waals surface area contributed by atoms with Crippen LogP contribution in [-0.4, -0.2) is 38.2 Å². The second-order valence-electron chi connectivity index (χ2n) is 8.71. The Balaban J connectivity index is 1.45. The van der Waals surface area contributed by atoms with Crippen LogP contribution in [0.1, 0.15) is 53.5 Å². The third-order valence-corrected chi connectivity index (χ3v) is 6.51. The smallest absolute Gasteiger partial charge is 0.228 e. The number of rotatable bonds is 5. The van der Waals surface area contributed by atoms with E-state index >= 15 is 0 Å². The minimum Gasteiger partial charge on any atom is -0.332 e. The molecule has 0 saturated carbocycles. The van der Waals surface area contributed by atoms with Gasteiger partial charge >= 0.3 is 0 Å². The minimum absolute atomic E-state index is 0.0693. The highest BCUT2D eigenvalue weighted by Gasteiger charge is 2.35. The molecule has 0 bridgehead atoms. The lowest BCUT2D eigenvalue weighted by molar-refractivity contribution is -0.131. The molecular formula is C26H27N5O2. The van der Waals surface area contributed by atoms with Gasteiger partial charge in [0.25, 0.3) is 0 Å². The van der Waals surface area contributed by atoms with Crippen molar-refractivity contribution in [1.82, 2.24) is 19.9 Å². The molecule has 0 N–H and O–H groups in total. The fourth-order valence-corrected chi connectivity index (χ4v) is 4.79. The molecule has 4 heterocycles. The maximum Gasteiger partial charge on any atom is 0.228 e. The molecule has 33 heavy (non-hydrogen) atoms. The van der Waals surface area contributed by atoms with Gasteiger partial charge in [0.2, 0.25) is 11.8 Å². The number of hydrogen-bond donors (Lipinski definition) is 0. The number of hydrogen-bond acceptors (Lipinski definition) is 5. The highest BCUT2D eigenvalue weighted by Crippen LogP contribution is 2.35. The standard InChI is InChI=1S/C26H27N5O2/c1-18-21-9-10-23(32)31(17-20-6-3-2-4-7-20)26(21)29-25(28-18)22-8-5-15-30(22)24(33)16-19-11-13-27-14-12-19/h2-4,6-7,11-14,22H,5,8-10,15-17H2,1H3/t22-/m1/s1. The Bertz CT molecular complexity index is 1170. The predicted molar refractivity (Wildman–Crippen MR) is 124 cm³/mol. The first-order valence-corrected chi connectivity index (χ1v) is 11.5. The van der Waals surface area contributed by atoms with Gasteiger partial charge in [-0.15, -0.1) is 0 Å². The fourth-order valence-electron chi connectivity index (χ4n) is 4.79. The van der Waals surface area contributed by atoms with E-state index in [9.17, 15) is 9.59 Å². The molecule has 7 nitrogen and oxygen atoms in total. The van der Waals surface area contributed by atoms with Gasteiger partial charge in [0.05, 0.1) is 19.0 Å². The highest BCUT2D eigenvalue weighted by atomic mass is 16.2. The van der Waals surface area contributed by atoms with E-state index in [1.54, 1.807) is 17.3 Å². The maximum absolute atomic E-state index is 13.1. The third kappa shape index (κ3) is 4.35. The van der Waals surface area contributed by atoms with Crippen LogP contribution in [0.3, 0.4) is 0 Å². The Morgan fingerprint density at radius 2 is 1.82 bits per heavy atom. The molecule has 0 unspecified atom stereocenters. The molecule has 0 aliphatic carbocycles. The monoisotopic (exact) mass is 441 g/mol. The van der Waals surface area contributed by atoms with E-state index in [0.717, 1.165) is 35.2 Å². The lowest BCUT2D eigenvalue weighted by atomic mass is 10.0. The van der Waals surface area contributed by atoms with Gasteiger partial charge in [-0.3, -0.25) is 19.5 Å².